The van der Waals surface area contributed by atoms with E-state index in [-0.39, 0.29) is 62.2 Å². The molecule has 11 nitrogen and oxygen atoms in total. The maximum absolute atomic E-state index is 15.0. The normalized spacial score (nSPS) is 18.3. The molecule has 5 atom stereocenters. The van der Waals surface area contributed by atoms with Crippen LogP contribution in [-0.4, -0.2) is 64.4 Å². The molecule has 320 valence electrons. The molecule has 0 spiro atoms. The first-order valence-electron chi connectivity index (χ1n) is 21.7. The Balaban J connectivity index is 1.34. The Morgan fingerprint density at radius 2 is 1.47 bits per heavy atom. The summed E-state index contributed by atoms with van der Waals surface area (Å²) in [6.07, 6.45) is 5.06. The maximum atomic E-state index is 15.0. The van der Waals surface area contributed by atoms with E-state index in [4.69, 9.17) is 10.5 Å². The van der Waals surface area contributed by atoms with E-state index < -0.39 is 59.8 Å². The molecular formula is C49H61N3O8. The van der Waals surface area contributed by atoms with Gasteiger partial charge in [-0.25, -0.2) is 0 Å². The molecule has 0 aromatic heterocycles. The lowest BCUT2D eigenvalue weighted by atomic mass is 9.76. The van der Waals surface area contributed by atoms with Gasteiger partial charge in [0.15, 0.2) is 17.3 Å². The van der Waals surface area contributed by atoms with Crippen LogP contribution in [0.15, 0.2) is 78.9 Å². The molecule has 1 aliphatic carbocycles. The van der Waals surface area contributed by atoms with Gasteiger partial charge in [-0.3, -0.25) is 33.6 Å². The molecule has 2 aliphatic rings. The number of primary amides is 1. The zero-order valence-electron chi connectivity index (χ0n) is 35.4. The van der Waals surface area contributed by atoms with E-state index in [0.29, 0.717) is 24.0 Å². The van der Waals surface area contributed by atoms with Gasteiger partial charge >= 0.3 is 0 Å². The van der Waals surface area contributed by atoms with Crippen LogP contribution in [0.5, 0.6) is 0 Å². The zero-order valence-corrected chi connectivity index (χ0v) is 35.4. The van der Waals surface area contributed by atoms with Crippen LogP contribution in [0.3, 0.4) is 0 Å². The molecule has 2 fully saturated rings. The van der Waals surface area contributed by atoms with Gasteiger partial charge in [0.05, 0.1) is 18.8 Å². The van der Waals surface area contributed by atoms with Crippen LogP contribution >= 0.6 is 0 Å². The first-order valence-corrected chi connectivity index (χ1v) is 21.7. The topological polar surface area (TPSA) is 170 Å². The number of nitrogens with zero attached hydrogens (tertiary/aromatic N) is 1. The summed E-state index contributed by atoms with van der Waals surface area (Å²) in [4.78, 5) is 97.3. The number of rotatable bonds is 22. The Morgan fingerprint density at radius 1 is 0.817 bits per heavy atom. The summed E-state index contributed by atoms with van der Waals surface area (Å²) in [6, 6.07) is 21.9. The average molecular weight is 820 g/mol. The van der Waals surface area contributed by atoms with Crippen LogP contribution in [0.1, 0.15) is 129 Å². The highest BCUT2D eigenvalue weighted by Crippen LogP contribution is 2.37. The molecule has 3 unspecified atom stereocenters. The highest BCUT2D eigenvalue weighted by Gasteiger charge is 2.45. The third-order valence-corrected chi connectivity index (χ3v) is 12.2. The van der Waals surface area contributed by atoms with Gasteiger partial charge in [-0.05, 0) is 61.3 Å². The SMILES string of the molecule is CCCCC(CC(=O)[C@@H]1C[C@@H](OCc2ccccc2)CN1C(=O)C(CC(=O)c1c(C)cccc1C)C1CCCCC1)C(=O)C(=O)CCC(=O)NC(C(N)=O)c1ccccc1. The number of ether oxygens (including phenoxy) is 1. The Hall–Kier alpha value is -5.29. The number of Topliss-reactive ketones (excluding diaryl/α,β-unsaturated/α-hetero) is 4. The Bertz CT molecular complexity index is 1960. The Labute approximate surface area is 354 Å². The summed E-state index contributed by atoms with van der Waals surface area (Å²) >= 11 is 0. The molecule has 1 aliphatic heterocycles. The van der Waals surface area contributed by atoms with Crippen molar-refractivity contribution < 1.29 is 38.3 Å². The number of hydrogen-bond donors (Lipinski definition) is 2. The van der Waals surface area contributed by atoms with Crippen molar-refractivity contribution in [1.29, 1.82) is 0 Å². The molecule has 60 heavy (non-hydrogen) atoms. The predicted molar refractivity (Wildman–Crippen MR) is 228 cm³/mol. The quantitative estimate of drug-likeness (QED) is 0.0787. The molecule has 11 heteroatoms. The highest BCUT2D eigenvalue weighted by molar-refractivity contribution is 6.38. The number of carbonyl (C=O) groups excluding carboxylic acids is 7. The minimum Gasteiger partial charge on any atom is -0.372 e. The second-order valence-corrected chi connectivity index (χ2v) is 16.7. The van der Waals surface area contributed by atoms with E-state index in [1.165, 1.54) is 0 Å². The van der Waals surface area contributed by atoms with E-state index in [9.17, 15) is 33.6 Å². The molecule has 3 amide bonds. The summed E-state index contributed by atoms with van der Waals surface area (Å²) in [5, 5.41) is 2.56. The summed E-state index contributed by atoms with van der Waals surface area (Å²) in [5.74, 6) is -5.12. The number of benzene rings is 3. The van der Waals surface area contributed by atoms with Gasteiger partial charge in [0.1, 0.15) is 6.04 Å². The minimum atomic E-state index is -1.10. The molecule has 0 bridgehead atoms. The lowest BCUT2D eigenvalue weighted by Crippen LogP contribution is -2.47. The van der Waals surface area contributed by atoms with Crippen LogP contribution < -0.4 is 11.1 Å². The molecule has 0 radical (unpaired) electrons. The highest BCUT2D eigenvalue weighted by atomic mass is 16.5. The number of carbonyl (C=O) groups is 7. The van der Waals surface area contributed by atoms with Crippen LogP contribution in [0.25, 0.3) is 0 Å². The fourth-order valence-electron chi connectivity index (χ4n) is 8.95. The zero-order chi connectivity index (χ0) is 43.2. The van der Waals surface area contributed by atoms with Gasteiger partial charge in [-0.2, -0.15) is 0 Å². The van der Waals surface area contributed by atoms with Crippen molar-refractivity contribution in [3.8, 4) is 0 Å². The van der Waals surface area contributed by atoms with Gasteiger partial charge in [0, 0.05) is 56.0 Å². The van der Waals surface area contributed by atoms with Gasteiger partial charge in [-0.15, -0.1) is 0 Å². The second-order valence-electron chi connectivity index (χ2n) is 16.7. The Morgan fingerprint density at radius 3 is 2.10 bits per heavy atom. The van der Waals surface area contributed by atoms with Crippen molar-refractivity contribution in [2.45, 2.75) is 129 Å². The van der Waals surface area contributed by atoms with E-state index in [0.717, 1.165) is 55.2 Å². The van der Waals surface area contributed by atoms with Crippen molar-refractivity contribution in [2.24, 2.45) is 23.5 Å². The lowest BCUT2D eigenvalue weighted by molar-refractivity contribution is -0.144. The number of unbranched alkanes of at least 4 members (excludes halogenated alkanes) is 1. The van der Waals surface area contributed by atoms with Crippen molar-refractivity contribution in [2.75, 3.05) is 6.54 Å². The van der Waals surface area contributed by atoms with E-state index in [2.05, 4.69) is 5.32 Å². The average Bonchev–Trinajstić information content (AvgIpc) is 3.69. The van der Waals surface area contributed by atoms with Crippen LogP contribution in [-0.2, 0) is 40.1 Å². The van der Waals surface area contributed by atoms with Gasteiger partial charge in [0.25, 0.3) is 0 Å². The van der Waals surface area contributed by atoms with Crippen molar-refractivity contribution in [1.82, 2.24) is 10.2 Å². The van der Waals surface area contributed by atoms with Gasteiger partial charge < -0.3 is 20.7 Å². The Kier molecular flexibility index (Phi) is 17.1. The number of hydrogen-bond acceptors (Lipinski definition) is 8. The maximum Gasteiger partial charge on any atom is 0.244 e. The third kappa shape index (κ3) is 12.4. The number of amides is 3. The first kappa shape index (κ1) is 45.8. The number of nitrogens with two attached hydrogens (primary N) is 1. The number of nitrogens with one attached hydrogen (secondary N) is 1. The van der Waals surface area contributed by atoms with Gasteiger partial charge in [0.2, 0.25) is 23.5 Å². The fraction of sp³-hybridized carbons (Fsp3) is 0.490. The van der Waals surface area contributed by atoms with E-state index in [1.807, 2.05) is 69.3 Å². The van der Waals surface area contributed by atoms with Crippen molar-refractivity contribution in [3.05, 3.63) is 107 Å². The molecule has 5 rings (SSSR count). The summed E-state index contributed by atoms with van der Waals surface area (Å²) < 4.78 is 6.34. The lowest BCUT2D eigenvalue weighted by Gasteiger charge is -2.34. The molecule has 3 aromatic rings. The van der Waals surface area contributed by atoms with E-state index >= 15 is 0 Å². The largest absolute Gasteiger partial charge is 0.372 e. The van der Waals surface area contributed by atoms with Crippen LogP contribution in [0, 0.1) is 31.6 Å². The minimum absolute atomic E-state index is 0.0146. The third-order valence-electron chi connectivity index (χ3n) is 12.2. The van der Waals surface area contributed by atoms with Crippen molar-refractivity contribution >= 4 is 40.9 Å². The molecule has 1 saturated heterocycles. The molecule has 1 saturated carbocycles. The number of likely N-dealkylation sites (tertiary alicyclic amines) is 1. The van der Waals surface area contributed by atoms with Gasteiger partial charge in [-0.1, -0.05) is 118 Å². The first-order chi connectivity index (χ1) is 28.9. The smallest absolute Gasteiger partial charge is 0.244 e. The standard InChI is InChI=1S/C49H61N3O8/c1-4-5-20-37(47(57)41(53)25-26-44(56)51-46(48(50)58)36-23-13-8-14-24-36)27-42(54)40-28-38(60-31-34-18-9-6-10-19-34)30-52(40)49(59)39(35-21-11-7-12-22-35)29-43(55)45-32(2)16-15-17-33(45)3/h6,8-10,13-19,23-24,35,37-40,46H,4-5,7,11-12,20-22,25-31H2,1-3H3,(H2,50,58)(H,51,56)/t37?,38-,39?,40+,46?/m1/s1. The summed E-state index contributed by atoms with van der Waals surface area (Å²) in [6.45, 7) is 6.22. The summed E-state index contributed by atoms with van der Waals surface area (Å²) in [5.41, 5.74) is 9.33. The fourth-order valence-corrected chi connectivity index (χ4v) is 8.95. The molecule has 3 N–H and O–H groups in total. The predicted octanol–water partition coefficient (Wildman–Crippen LogP) is 7.29. The molecular weight excluding hydrogens is 759 g/mol. The monoisotopic (exact) mass is 819 g/mol. The summed E-state index contributed by atoms with van der Waals surface area (Å²) in [7, 11) is 0. The van der Waals surface area contributed by atoms with E-state index in [1.54, 1.807) is 35.2 Å². The molecule has 1 heterocycles. The second kappa shape index (κ2) is 22.4. The van der Waals surface area contributed by atoms with Crippen molar-refractivity contribution in [3.63, 3.8) is 0 Å². The van der Waals surface area contributed by atoms with Crippen LogP contribution in [0.4, 0.5) is 0 Å². The molecule has 3 aromatic carbocycles. The number of ketones is 4. The van der Waals surface area contributed by atoms with Crippen LogP contribution in [0.2, 0.25) is 0 Å². The number of aryl methyl sites for hydroxylation is 2.